The molecule has 18 heavy (non-hydrogen) atoms. The molecule has 0 radical (unpaired) electrons. The standard InChI is InChI=1S/C13H15N3O2/c1-15-12(17)9-10(8-6-4-3-5-7-8)14-16(2)11(9)13(15)18/h3-7,9-11,14H,1-2H3/t9-,10-,11+/m1/s1. The molecule has 1 N–H and O–H groups in total. The lowest BCUT2D eigenvalue weighted by atomic mass is 9.91. The molecule has 3 rings (SSSR count). The number of hydrogen-bond acceptors (Lipinski definition) is 4. The zero-order chi connectivity index (χ0) is 12.9. The molecule has 5 nitrogen and oxygen atoms in total. The number of amides is 2. The van der Waals surface area contributed by atoms with E-state index in [0.717, 1.165) is 5.56 Å². The predicted octanol–water partition coefficient (Wildman–Crippen LogP) is 0.161. The van der Waals surface area contributed by atoms with Crippen molar-refractivity contribution in [3.63, 3.8) is 0 Å². The third-order valence-corrected chi connectivity index (χ3v) is 3.82. The number of nitrogens with one attached hydrogen (secondary N) is 1. The van der Waals surface area contributed by atoms with Crippen molar-refractivity contribution in [2.45, 2.75) is 12.1 Å². The van der Waals surface area contributed by atoms with Gasteiger partial charge in [-0.05, 0) is 5.56 Å². The summed E-state index contributed by atoms with van der Waals surface area (Å²) in [7, 11) is 3.36. The average Bonchev–Trinajstić information content (AvgIpc) is 2.84. The highest BCUT2D eigenvalue weighted by molar-refractivity contribution is 6.07. The Hall–Kier alpha value is -1.72. The van der Waals surface area contributed by atoms with Gasteiger partial charge in [-0.2, -0.15) is 0 Å². The van der Waals surface area contributed by atoms with Crippen LogP contribution in [0.15, 0.2) is 30.3 Å². The number of hydrogen-bond donors (Lipinski definition) is 1. The summed E-state index contributed by atoms with van der Waals surface area (Å²) in [6.45, 7) is 0. The molecule has 0 bridgehead atoms. The second-order valence-corrected chi connectivity index (χ2v) is 4.83. The summed E-state index contributed by atoms with van der Waals surface area (Å²) in [5, 5.41) is 1.76. The third kappa shape index (κ3) is 1.41. The van der Waals surface area contributed by atoms with Crippen LogP contribution >= 0.6 is 0 Å². The van der Waals surface area contributed by atoms with Crippen molar-refractivity contribution in [1.82, 2.24) is 15.3 Å². The first-order valence-corrected chi connectivity index (χ1v) is 5.96. The van der Waals surface area contributed by atoms with Crippen LogP contribution in [0.4, 0.5) is 0 Å². The minimum atomic E-state index is -0.382. The molecule has 0 unspecified atom stereocenters. The van der Waals surface area contributed by atoms with Gasteiger partial charge in [0.2, 0.25) is 11.8 Å². The molecule has 2 aliphatic heterocycles. The van der Waals surface area contributed by atoms with Crippen molar-refractivity contribution in [2.24, 2.45) is 5.92 Å². The lowest BCUT2D eigenvalue weighted by Crippen LogP contribution is -2.41. The Morgan fingerprint density at radius 3 is 2.39 bits per heavy atom. The fraction of sp³-hybridized carbons (Fsp3) is 0.385. The molecule has 1 aromatic rings. The first kappa shape index (κ1) is 11.4. The van der Waals surface area contributed by atoms with Gasteiger partial charge in [0.25, 0.3) is 0 Å². The maximum absolute atomic E-state index is 12.2. The van der Waals surface area contributed by atoms with Crippen LogP contribution in [0, 0.1) is 5.92 Å². The maximum atomic E-state index is 12.2. The van der Waals surface area contributed by atoms with Crippen LogP contribution in [0.5, 0.6) is 0 Å². The topological polar surface area (TPSA) is 52.7 Å². The Labute approximate surface area is 105 Å². The van der Waals surface area contributed by atoms with E-state index in [1.54, 1.807) is 12.1 Å². The minimum absolute atomic E-state index is 0.101. The fourth-order valence-corrected chi connectivity index (χ4v) is 2.87. The highest BCUT2D eigenvalue weighted by Gasteiger charge is 2.56. The molecular weight excluding hydrogens is 230 g/mol. The minimum Gasteiger partial charge on any atom is -0.284 e. The number of carbonyl (C=O) groups excluding carboxylic acids is 2. The lowest BCUT2D eigenvalue weighted by Gasteiger charge is -2.19. The largest absolute Gasteiger partial charge is 0.284 e. The summed E-state index contributed by atoms with van der Waals surface area (Å²) >= 11 is 0. The quantitative estimate of drug-likeness (QED) is 0.716. The first-order chi connectivity index (χ1) is 8.61. The van der Waals surface area contributed by atoms with Crippen LogP contribution in [0.25, 0.3) is 0 Å². The number of carbonyl (C=O) groups is 2. The summed E-state index contributed by atoms with van der Waals surface area (Å²) in [6, 6.07) is 9.27. The molecular formula is C13H15N3O2. The fourth-order valence-electron chi connectivity index (χ4n) is 2.87. The highest BCUT2D eigenvalue weighted by Crippen LogP contribution is 2.38. The zero-order valence-electron chi connectivity index (χ0n) is 10.3. The SMILES string of the molecule is CN1C(=O)[C@@H]2[C@@H](c3ccccc3)NN(C)[C@@H]2C1=O. The number of likely N-dealkylation sites (tertiary alicyclic amines) is 1. The second kappa shape index (κ2) is 3.90. The normalized spacial score (nSPS) is 32.1. The predicted molar refractivity (Wildman–Crippen MR) is 65.1 cm³/mol. The van der Waals surface area contributed by atoms with E-state index in [0.29, 0.717) is 0 Å². The Kier molecular flexibility index (Phi) is 2.46. The van der Waals surface area contributed by atoms with Crippen molar-refractivity contribution in [3.8, 4) is 0 Å². The summed E-state index contributed by atoms with van der Waals surface area (Å²) < 4.78 is 0. The molecule has 0 aromatic heterocycles. The molecule has 0 saturated carbocycles. The van der Waals surface area contributed by atoms with Gasteiger partial charge in [-0.15, -0.1) is 0 Å². The molecule has 94 valence electrons. The van der Waals surface area contributed by atoms with E-state index in [9.17, 15) is 9.59 Å². The third-order valence-electron chi connectivity index (χ3n) is 3.82. The Balaban J connectivity index is 2.00. The molecule has 2 saturated heterocycles. The number of benzene rings is 1. The first-order valence-electron chi connectivity index (χ1n) is 5.96. The molecule has 2 aliphatic rings. The number of fused-ring (bicyclic) bond motifs is 1. The van der Waals surface area contributed by atoms with Crippen LogP contribution in [-0.2, 0) is 9.59 Å². The summed E-state index contributed by atoms with van der Waals surface area (Å²) in [5.41, 5.74) is 4.25. The van der Waals surface area contributed by atoms with Gasteiger partial charge in [-0.1, -0.05) is 30.3 Å². The molecule has 2 amide bonds. The van der Waals surface area contributed by atoms with E-state index in [4.69, 9.17) is 0 Å². The van der Waals surface area contributed by atoms with E-state index in [1.165, 1.54) is 4.90 Å². The van der Waals surface area contributed by atoms with Crippen LogP contribution in [0.3, 0.4) is 0 Å². The smallest absolute Gasteiger partial charge is 0.248 e. The molecule has 1 aromatic carbocycles. The molecule has 2 fully saturated rings. The van der Waals surface area contributed by atoms with Crippen molar-refractivity contribution >= 4 is 11.8 Å². The lowest BCUT2D eigenvalue weighted by molar-refractivity contribution is -0.139. The number of likely N-dealkylation sites (N-methyl/N-ethyl adjacent to an activating group) is 2. The molecule has 0 aliphatic carbocycles. The van der Waals surface area contributed by atoms with Gasteiger partial charge in [0.05, 0.1) is 12.0 Å². The van der Waals surface area contributed by atoms with E-state index < -0.39 is 0 Å². The number of nitrogens with zero attached hydrogens (tertiary/aromatic N) is 2. The number of imide groups is 1. The summed E-state index contributed by atoms with van der Waals surface area (Å²) in [4.78, 5) is 25.4. The highest BCUT2D eigenvalue weighted by atomic mass is 16.2. The molecule has 0 spiro atoms. The molecule has 2 heterocycles. The number of rotatable bonds is 1. The van der Waals surface area contributed by atoms with Gasteiger partial charge < -0.3 is 0 Å². The van der Waals surface area contributed by atoms with Crippen molar-refractivity contribution in [3.05, 3.63) is 35.9 Å². The second-order valence-electron chi connectivity index (χ2n) is 4.83. The monoisotopic (exact) mass is 245 g/mol. The van der Waals surface area contributed by atoms with Crippen LogP contribution in [0.1, 0.15) is 11.6 Å². The van der Waals surface area contributed by atoms with Crippen LogP contribution in [-0.4, -0.2) is 41.9 Å². The van der Waals surface area contributed by atoms with Crippen molar-refractivity contribution in [1.29, 1.82) is 0 Å². The Bertz CT molecular complexity index is 502. The van der Waals surface area contributed by atoms with Crippen LogP contribution in [0.2, 0.25) is 0 Å². The van der Waals surface area contributed by atoms with Gasteiger partial charge in [-0.25, -0.2) is 10.4 Å². The van der Waals surface area contributed by atoms with Gasteiger partial charge in [0, 0.05) is 14.1 Å². The van der Waals surface area contributed by atoms with Crippen LogP contribution < -0.4 is 5.43 Å². The van der Waals surface area contributed by atoms with Gasteiger partial charge in [0.1, 0.15) is 6.04 Å². The van der Waals surface area contributed by atoms with Gasteiger partial charge in [0.15, 0.2) is 0 Å². The Morgan fingerprint density at radius 1 is 1.06 bits per heavy atom. The summed E-state index contributed by atoms with van der Waals surface area (Å²) in [5.74, 6) is -0.552. The molecule has 3 atom stereocenters. The number of hydrazine groups is 1. The van der Waals surface area contributed by atoms with E-state index >= 15 is 0 Å². The molecule has 5 heteroatoms. The maximum Gasteiger partial charge on any atom is 0.248 e. The van der Waals surface area contributed by atoms with Crippen molar-refractivity contribution in [2.75, 3.05) is 14.1 Å². The van der Waals surface area contributed by atoms with Gasteiger partial charge in [-0.3, -0.25) is 14.5 Å². The van der Waals surface area contributed by atoms with E-state index in [1.807, 2.05) is 37.4 Å². The van der Waals surface area contributed by atoms with E-state index in [-0.39, 0.29) is 29.8 Å². The zero-order valence-corrected chi connectivity index (χ0v) is 10.3. The average molecular weight is 245 g/mol. The van der Waals surface area contributed by atoms with E-state index in [2.05, 4.69) is 5.43 Å². The van der Waals surface area contributed by atoms with Crippen molar-refractivity contribution < 1.29 is 9.59 Å². The summed E-state index contributed by atoms with van der Waals surface area (Å²) in [6.07, 6.45) is 0. The van der Waals surface area contributed by atoms with Gasteiger partial charge >= 0.3 is 0 Å². The Morgan fingerprint density at radius 2 is 1.72 bits per heavy atom.